The second kappa shape index (κ2) is 11.0. The van der Waals surface area contributed by atoms with E-state index in [0.717, 1.165) is 6.54 Å². The van der Waals surface area contributed by atoms with E-state index >= 15 is 0 Å². The molecule has 0 radical (unpaired) electrons. The number of hydrogen-bond donors (Lipinski definition) is 1. The van der Waals surface area contributed by atoms with E-state index in [1.54, 1.807) is 23.9 Å². The fraction of sp³-hybridized carbons (Fsp3) is 0.346. The fourth-order valence-electron chi connectivity index (χ4n) is 4.11. The second-order valence-corrected chi connectivity index (χ2v) is 9.49. The van der Waals surface area contributed by atoms with Crippen LogP contribution >= 0.6 is 0 Å². The first-order valence-electron chi connectivity index (χ1n) is 12.1. The molecular formula is C26H31FN8O3. The van der Waals surface area contributed by atoms with E-state index in [-0.39, 0.29) is 17.7 Å². The van der Waals surface area contributed by atoms with E-state index in [1.165, 1.54) is 31.6 Å². The number of nitro benzene ring substituents is 1. The number of benzene rings is 2. The summed E-state index contributed by atoms with van der Waals surface area (Å²) in [7, 11) is 7.17. The van der Waals surface area contributed by atoms with E-state index in [9.17, 15) is 14.5 Å². The van der Waals surface area contributed by atoms with Crippen LogP contribution in [0.2, 0.25) is 0 Å². The zero-order valence-corrected chi connectivity index (χ0v) is 22.3. The Bertz CT molecular complexity index is 1470. The van der Waals surface area contributed by atoms with Crippen molar-refractivity contribution >= 4 is 33.9 Å². The maximum Gasteiger partial charge on any atom is 0.294 e. The molecule has 0 amide bonds. The van der Waals surface area contributed by atoms with Crippen molar-refractivity contribution in [2.24, 2.45) is 0 Å². The van der Waals surface area contributed by atoms with Crippen LogP contribution in [-0.4, -0.2) is 70.9 Å². The number of nitrogens with one attached hydrogen (secondary N) is 1. The molecule has 1 N–H and O–H groups in total. The number of anilines is 3. The Hall–Kier alpha value is -4.32. The Balaban J connectivity index is 1.70. The molecule has 0 bridgehead atoms. The maximum absolute atomic E-state index is 14.9. The highest BCUT2D eigenvalue weighted by Crippen LogP contribution is 2.39. The van der Waals surface area contributed by atoms with Gasteiger partial charge in [-0.1, -0.05) is 0 Å². The van der Waals surface area contributed by atoms with Gasteiger partial charge in [0.2, 0.25) is 5.95 Å². The summed E-state index contributed by atoms with van der Waals surface area (Å²) in [6.07, 6.45) is 3.05. The number of likely N-dealkylation sites (N-methyl/N-ethyl adjacent to an activating group) is 2. The molecule has 11 nitrogen and oxygen atoms in total. The van der Waals surface area contributed by atoms with Gasteiger partial charge in [-0.3, -0.25) is 14.8 Å². The van der Waals surface area contributed by atoms with E-state index in [1.807, 2.05) is 43.8 Å². The molecule has 200 valence electrons. The summed E-state index contributed by atoms with van der Waals surface area (Å²) in [6, 6.07) is 7.99. The molecule has 0 unspecified atom stereocenters. The van der Waals surface area contributed by atoms with Crippen LogP contribution in [0.15, 0.2) is 42.7 Å². The van der Waals surface area contributed by atoms with E-state index in [4.69, 9.17) is 4.74 Å². The van der Waals surface area contributed by atoms with Gasteiger partial charge in [0.1, 0.15) is 17.3 Å². The minimum Gasteiger partial charge on any atom is -0.494 e. The number of rotatable bonds is 10. The molecule has 0 atom stereocenters. The van der Waals surface area contributed by atoms with Gasteiger partial charge in [0.05, 0.1) is 40.5 Å². The molecule has 0 fully saturated rings. The van der Waals surface area contributed by atoms with E-state index in [2.05, 4.69) is 20.4 Å². The van der Waals surface area contributed by atoms with Gasteiger partial charge in [-0.2, -0.15) is 5.10 Å². The molecule has 0 saturated carbocycles. The summed E-state index contributed by atoms with van der Waals surface area (Å²) in [6.45, 7) is 5.26. The zero-order chi connectivity index (χ0) is 27.6. The topological polar surface area (TPSA) is 114 Å². The van der Waals surface area contributed by atoms with Crippen molar-refractivity contribution in [1.82, 2.24) is 24.6 Å². The van der Waals surface area contributed by atoms with Crippen LogP contribution in [-0.2, 0) is 0 Å². The lowest BCUT2D eigenvalue weighted by Crippen LogP contribution is -2.28. The average molecular weight is 523 g/mol. The number of methoxy groups -OCH3 is 1. The predicted octanol–water partition coefficient (Wildman–Crippen LogP) is 4.87. The van der Waals surface area contributed by atoms with Crippen molar-refractivity contribution in [2.45, 2.75) is 19.9 Å². The minimum absolute atomic E-state index is 0.0536. The van der Waals surface area contributed by atoms with Crippen molar-refractivity contribution in [3.05, 3.63) is 58.7 Å². The third-order valence-corrected chi connectivity index (χ3v) is 6.14. The van der Waals surface area contributed by atoms with Gasteiger partial charge >= 0.3 is 0 Å². The lowest BCUT2D eigenvalue weighted by atomic mass is 10.1. The first-order chi connectivity index (χ1) is 18.1. The maximum atomic E-state index is 14.9. The highest BCUT2D eigenvalue weighted by Gasteiger charge is 2.22. The summed E-state index contributed by atoms with van der Waals surface area (Å²) in [5.41, 5.74) is 2.38. The number of ether oxygens (including phenoxy) is 1. The normalized spacial score (nSPS) is 11.4. The lowest BCUT2D eigenvalue weighted by Gasteiger charge is -2.22. The Labute approximate surface area is 220 Å². The van der Waals surface area contributed by atoms with Crippen LogP contribution in [0.5, 0.6) is 5.75 Å². The standard InChI is InChI=1S/C26H31FN8O3/c1-16(2)34-22-12-17(11-19(27)18(22)15-29-34)20-7-8-28-26(30-20)31-21-13-24(35(36)37)23(14-25(21)38-6)33(5)10-9-32(3)4/h7-8,11-16H,9-10H2,1-6H3,(H,28,30,31). The third-order valence-electron chi connectivity index (χ3n) is 6.14. The molecule has 38 heavy (non-hydrogen) atoms. The quantitative estimate of drug-likeness (QED) is 0.230. The number of halogens is 1. The Morgan fingerprint density at radius 2 is 1.95 bits per heavy atom. The second-order valence-electron chi connectivity index (χ2n) is 9.49. The first kappa shape index (κ1) is 26.7. The summed E-state index contributed by atoms with van der Waals surface area (Å²) >= 11 is 0. The van der Waals surface area contributed by atoms with E-state index < -0.39 is 10.7 Å². The van der Waals surface area contributed by atoms with Crippen molar-refractivity contribution in [2.75, 3.05) is 51.6 Å². The molecule has 4 aromatic rings. The molecule has 2 aromatic heterocycles. The third kappa shape index (κ3) is 5.49. The SMILES string of the molecule is COc1cc(N(C)CCN(C)C)c([N+](=O)[O-])cc1Nc1nccc(-c2cc(F)c3cnn(C(C)C)c3c2)n1. The monoisotopic (exact) mass is 522 g/mol. The van der Waals surface area contributed by atoms with Crippen molar-refractivity contribution < 1.29 is 14.1 Å². The smallest absolute Gasteiger partial charge is 0.294 e. The van der Waals surface area contributed by atoms with Gasteiger partial charge in [0.15, 0.2) is 0 Å². The van der Waals surface area contributed by atoms with Gasteiger partial charge in [-0.15, -0.1) is 0 Å². The molecular weight excluding hydrogens is 491 g/mol. The molecule has 2 aromatic carbocycles. The molecule has 2 heterocycles. The predicted molar refractivity (Wildman–Crippen MR) is 146 cm³/mol. The van der Waals surface area contributed by atoms with E-state index in [0.29, 0.717) is 45.8 Å². The Kier molecular flexibility index (Phi) is 7.72. The summed E-state index contributed by atoms with van der Waals surface area (Å²) in [5, 5.41) is 19.7. The summed E-state index contributed by atoms with van der Waals surface area (Å²) in [5.74, 6) is 0.176. The minimum atomic E-state index is -0.431. The number of nitro groups is 1. The number of hydrogen-bond acceptors (Lipinski definition) is 9. The molecule has 12 heteroatoms. The molecule has 0 saturated heterocycles. The molecule has 0 aliphatic rings. The Morgan fingerprint density at radius 1 is 1.18 bits per heavy atom. The van der Waals surface area contributed by atoms with Crippen LogP contribution in [0.25, 0.3) is 22.2 Å². The van der Waals surface area contributed by atoms with Crippen molar-refractivity contribution in [3.63, 3.8) is 0 Å². The molecule has 0 aliphatic carbocycles. The first-order valence-corrected chi connectivity index (χ1v) is 12.1. The Morgan fingerprint density at radius 3 is 2.61 bits per heavy atom. The van der Waals surface area contributed by atoms with Crippen LogP contribution in [0.1, 0.15) is 19.9 Å². The number of nitrogens with zero attached hydrogens (tertiary/aromatic N) is 7. The van der Waals surface area contributed by atoms with Crippen molar-refractivity contribution in [3.8, 4) is 17.0 Å². The highest BCUT2D eigenvalue weighted by molar-refractivity contribution is 5.85. The van der Waals surface area contributed by atoms with Crippen LogP contribution in [0.3, 0.4) is 0 Å². The van der Waals surface area contributed by atoms with Gasteiger partial charge in [0.25, 0.3) is 5.69 Å². The zero-order valence-electron chi connectivity index (χ0n) is 22.3. The highest BCUT2D eigenvalue weighted by atomic mass is 19.1. The summed E-state index contributed by atoms with van der Waals surface area (Å²) in [4.78, 5) is 24.1. The van der Waals surface area contributed by atoms with Crippen LogP contribution in [0.4, 0.5) is 27.4 Å². The average Bonchev–Trinajstić information content (AvgIpc) is 3.32. The van der Waals surface area contributed by atoms with Gasteiger partial charge in [-0.25, -0.2) is 14.4 Å². The number of fused-ring (bicyclic) bond motifs is 1. The van der Waals surface area contributed by atoms with Gasteiger partial charge in [-0.05, 0) is 46.1 Å². The molecule has 4 rings (SSSR count). The van der Waals surface area contributed by atoms with Gasteiger partial charge in [0, 0.05) is 50.1 Å². The molecule has 0 aliphatic heterocycles. The fourth-order valence-corrected chi connectivity index (χ4v) is 4.11. The van der Waals surface area contributed by atoms with Crippen LogP contribution in [0, 0.1) is 15.9 Å². The summed E-state index contributed by atoms with van der Waals surface area (Å²) < 4.78 is 22.2. The lowest BCUT2D eigenvalue weighted by molar-refractivity contribution is -0.384. The number of aromatic nitrogens is 4. The van der Waals surface area contributed by atoms with Gasteiger partial charge < -0.3 is 19.9 Å². The van der Waals surface area contributed by atoms with Crippen molar-refractivity contribution in [1.29, 1.82) is 0 Å². The van der Waals surface area contributed by atoms with Crippen LogP contribution < -0.4 is 15.0 Å². The molecule has 0 spiro atoms. The largest absolute Gasteiger partial charge is 0.494 e.